The molecule has 30 heavy (non-hydrogen) atoms. The maximum atomic E-state index is 12.7. The van der Waals surface area contributed by atoms with E-state index in [1.165, 1.54) is 24.3 Å². The second-order valence-corrected chi connectivity index (χ2v) is 7.72. The van der Waals surface area contributed by atoms with Crippen molar-refractivity contribution in [1.82, 2.24) is 9.80 Å². The first kappa shape index (κ1) is 22.1. The van der Waals surface area contributed by atoms with Crippen LogP contribution < -0.4 is 9.47 Å². The predicted molar refractivity (Wildman–Crippen MR) is 107 cm³/mol. The van der Waals surface area contributed by atoms with Gasteiger partial charge in [0.05, 0.1) is 11.5 Å². The molecule has 2 aliphatic heterocycles. The number of ether oxygens (including phenoxy) is 2. The van der Waals surface area contributed by atoms with Gasteiger partial charge in [-0.25, -0.2) is 0 Å². The minimum atomic E-state index is -3.00. The van der Waals surface area contributed by atoms with Crippen molar-refractivity contribution >= 4 is 34.9 Å². The molecule has 3 amide bonds. The van der Waals surface area contributed by atoms with Crippen LogP contribution in [0.2, 0.25) is 0 Å². The minimum absolute atomic E-state index is 0.103. The fourth-order valence-corrected chi connectivity index (χ4v) is 4.08. The van der Waals surface area contributed by atoms with E-state index < -0.39 is 17.8 Å². The van der Waals surface area contributed by atoms with Crippen molar-refractivity contribution in [2.75, 3.05) is 26.2 Å². The quantitative estimate of drug-likeness (QED) is 0.602. The fourth-order valence-electron chi connectivity index (χ4n) is 3.24. The van der Waals surface area contributed by atoms with E-state index in [0.717, 1.165) is 35.9 Å². The van der Waals surface area contributed by atoms with Crippen molar-refractivity contribution in [1.29, 1.82) is 0 Å². The first-order valence-corrected chi connectivity index (χ1v) is 10.5. The lowest BCUT2D eigenvalue weighted by molar-refractivity contribution is -0.136. The molecule has 0 aliphatic carbocycles. The Bertz CT molecular complexity index is 856. The topological polar surface area (TPSA) is 76.2 Å². The molecular formula is C20H22F2N2O5S. The van der Waals surface area contributed by atoms with E-state index in [1.54, 1.807) is 11.8 Å². The Balaban J connectivity index is 1.74. The van der Waals surface area contributed by atoms with E-state index in [0.29, 0.717) is 18.7 Å². The number of amides is 3. The van der Waals surface area contributed by atoms with Gasteiger partial charge in [-0.1, -0.05) is 6.07 Å². The van der Waals surface area contributed by atoms with Crippen LogP contribution in [-0.4, -0.2) is 59.7 Å². The summed E-state index contributed by atoms with van der Waals surface area (Å²) >= 11 is 0.735. The van der Waals surface area contributed by atoms with Crippen LogP contribution in [-0.2, 0) is 9.59 Å². The molecule has 0 unspecified atom stereocenters. The van der Waals surface area contributed by atoms with E-state index >= 15 is 0 Å². The molecule has 2 fully saturated rings. The van der Waals surface area contributed by atoms with Gasteiger partial charge in [-0.2, -0.15) is 8.78 Å². The Morgan fingerprint density at radius 3 is 2.60 bits per heavy atom. The molecule has 2 aliphatic rings. The Hall–Kier alpha value is -2.62. The molecule has 1 aromatic carbocycles. The van der Waals surface area contributed by atoms with E-state index in [4.69, 9.17) is 4.74 Å². The standard InChI is InChI=1S/C20H22F2N2O5S/c1-2-28-15-10-13(6-7-14(15)29-19(21)22)11-16-18(26)24(20(27)30-16)12-17(25)23-8-4-3-5-9-23/h6-7,10-11,19H,2-5,8-9,12H2,1H3/b16-11-. The van der Waals surface area contributed by atoms with Crippen molar-refractivity contribution in [3.63, 3.8) is 0 Å². The van der Waals surface area contributed by atoms with Gasteiger partial charge in [-0.3, -0.25) is 19.3 Å². The van der Waals surface area contributed by atoms with Crippen LogP contribution in [0.5, 0.6) is 11.5 Å². The van der Waals surface area contributed by atoms with Gasteiger partial charge in [0, 0.05) is 13.1 Å². The average molecular weight is 440 g/mol. The van der Waals surface area contributed by atoms with Crippen LogP contribution in [0.3, 0.4) is 0 Å². The van der Waals surface area contributed by atoms with Crippen LogP contribution in [0, 0.1) is 0 Å². The first-order valence-electron chi connectivity index (χ1n) is 9.64. The minimum Gasteiger partial charge on any atom is -0.490 e. The number of rotatable bonds is 7. The molecule has 0 saturated carbocycles. The molecular weight excluding hydrogens is 418 g/mol. The number of hydrogen-bond acceptors (Lipinski definition) is 6. The fraction of sp³-hybridized carbons (Fsp3) is 0.450. The smallest absolute Gasteiger partial charge is 0.387 e. The molecule has 1 aromatic rings. The third kappa shape index (κ3) is 5.29. The second kappa shape index (κ2) is 9.92. The zero-order valence-corrected chi connectivity index (χ0v) is 17.3. The summed E-state index contributed by atoms with van der Waals surface area (Å²) in [6.45, 7) is -0.0743. The molecule has 0 spiro atoms. The zero-order valence-electron chi connectivity index (χ0n) is 16.4. The molecule has 0 N–H and O–H groups in total. The van der Waals surface area contributed by atoms with Crippen molar-refractivity contribution in [2.24, 2.45) is 0 Å². The molecule has 0 atom stereocenters. The van der Waals surface area contributed by atoms with Crippen molar-refractivity contribution in [2.45, 2.75) is 32.8 Å². The summed E-state index contributed by atoms with van der Waals surface area (Å²) in [7, 11) is 0. The maximum absolute atomic E-state index is 12.7. The summed E-state index contributed by atoms with van der Waals surface area (Å²) in [6.07, 6.45) is 4.37. The normalized spacial score (nSPS) is 18.5. The lowest BCUT2D eigenvalue weighted by atomic mass is 10.1. The number of nitrogens with zero attached hydrogens (tertiary/aromatic N) is 2. The number of benzene rings is 1. The second-order valence-electron chi connectivity index (χ2n) is 6.73. The Kier molecular flexibility index (Phi) is 7.30. The number of alkyl halides is 2. The molecule has 7 nitrogen and oxygen atoms in total. The Morgan fingerprint density at radius 1 is 1.20 bits per heavy atom. The van der Waals surface area contributed by atoms with Crippen LogP contribution in [0.25, 0.3) is 6.08 Å². The predicted octanol–water partition coefficient (Wildman–Crippen LogP) is 3.74. The van der Waals surface area contributed by atoms with E-state index in [-0.39, 0.29) is 35.5 Å². The highest BCUT2D eigenvalue weighted by Gasteiger charge is 2.37. The van der Waals surface area contributed by atoms with Crippen molar-refractivity contribution < 1.29 is 32.6 Å². The van der Waals surface area contributed by atoms with Crippen LogP contribution in [0.15, 0.2) is 23.1 Å². The number of thioether (sulfide) groups is 1. The Morgan fingerprint density at radius 2 is 1.93 bits per heavy atom. The van der Waals surface area contributed by atoms with Crippen LogP contribution in [0.4, 0.5) is 13.6 Å². The molecule has 2 heterocycles. The third-order valence-corrected chi connectivity index (χ3v) is 5.56. The molecule has 2 saturated heterocycles. The van der Waals surface area contributed by atoms with Gasteiger partial charge in [-0.05, 0) is 61.7 Å². The number of halogens is 2. The SMILES string of the molecule is CCOc1cc(/C=C2\SC(=O)N(CC(=O)N3CCCCC3)C2=O)ccc1OC(F)F. The number of carbonyl (C=O) groups is 3. The number of carbonyl (C=O) groups excluding carboxylic acids is 3. The highest BCUT2D eigenvalue weighted by Crippen LogP contribution is 2.35. The number of piperidine rings is 1. The third-order valence-electron chi connectivity index (χ3n) is 4.66. The van der Waals surface area contributed by atoms with E-state index in [2.05, 4.69) is 4.74 Å². The highest BCUT2D eigenvalue weighted by atomic mass is 32.2. The van der Waals surface area contributed by atoms with E-state index in [1.807, 2.05) is 0 Å². The molecule has 0 radical (unpaired) electrons. The lowest BCUT2D eigenvalue weighted by Crippen LogP contribution is -2.44. The number of likely N-dealkylation sites (tertiary alicyclic amines) is 1. The first-order chi connectivity index (χ1) is 14.4. The highest BCUT2D eigenvalue weighted by molar-refractivity contribution is 8.18. The van der Waals surface area contributed by atoms with Gasteiger partial charge < -0.3 is 14.4 Å². The van der Waals surface area contributed by atoms with E-state index in [9.17, 15) is 23.2 Å². The molecule has 162 valence electrons. The zero-order chi connectivity index (χ0) is 21.7. The summed E-state index contributed by atoms with van der Waals surface area (Å²) in [4.78, 5) is 40.1. The van der Waals surface area contributed by atoms with Gasteiger partial charge in [0.15, 0.2) is 11.5 Å². The van der Waals surface area contributed by atoms with Gasteiger partial charge in [0.25, 0.3) is 11.1 Å². The van der Waals surface area contributed by atoms with Gasteiger partial charge >= 0.3 is 6.61 Å². The largest absolute Gasteiger partial charge is 0.490 e. The van der Waals surface area contributed by atoms with Crippen molar-refractivity contribution in [3.8, 4) is 11.5 Å². The summed E-state index contributed by atoms with van der Waals surface area (Å²) in [5.41, 5.74) is 0.480. The van der Waals surface area contributed by atoms with Gasteiger partial charge in [-0.15, -0.1) is 0 Å². The van der Waals surface area contributed by atoms with Gasteiger partial charge in [0.2, 0.25) is 5.91 Å². The number of hydrogen-bond donors (Lipinski definition) is 0. The van der Waals surface area contributed by atoms with Gasteiger partial charge in [0.1, 0.15) is 6.54 Å². The molecule has 0 bridgehead atoms. The lowest BCUT2D eigenvalue weighted by Gasteiger charge is -2.27. The Labute approximate surface area is 177 Å². The monoisotopic (exact) mass is 440 g/mol. The average Bonchev–Trinajstić information content (AvgIpc) is 2.98. The van der Waals surface area contributed by atoms with Crippen LogP contribution in [0.1, 0.15) is 31.7 Å². The number of imide groups is 1. The summed E-state index contributed by atoms with van der Waals surface area (Å²) < 4.78 is 34.8. The summed E-state index contributed by atoms with van der Waals surface area (Å²) in [6, 6.07) is 4.24. The summed E-state index contributed by atoms with van der Waals surface area (Å²) in [5, 5.41) is -0.515. The summed E-state index contributed by atoms with van der Waals surface area (Å²) in [5.74, 6) is -0.818. The molecule has 10 heteroatoms. The van der Waals surface area contributed by atoms with Crippen molar-refractivity contribution in [3.05, 3.63) is 28.7 Å². The van der Waals surface area contributed by atoms with Crippen LogP contribution >= 0.6 is 11.8 Å². The maximum Gasteiger partial charge on any atom is 0.387 e. The molecule has 3 rings (SSSR count). The molecule has 0 aromatic heterocycles.